The van der Waals surface area contributed by atoms with Crippen molar-refractivity contribution in [1.29, 1.82) is 0 Å². The van der Waals surface area contributed by atoms with Gasteiger partial charge in [0.1, 0.15) is 5.56 Å². The number of ether oxygens (including phenoxy) is 1. The van der Waals surface area contributed by atoms with Gasteiger partial charge in [0.2, 0.25) is 0 Å². The number of hydrogen-bond acceptors (Lipinski definition) is 4. The largest absolute Gasteiger partial charge is 0.465 e. The Kier molecular flexibility index (Phi) is 2.76. The number of fused-ring (bicyclic) bond motifs is 1. The predicted molar refractivity (Wildman–Crippen MR) is 66.4 cm³/mol. The van der Waals surface area contributed by atoms with Crippen LogP contribution in [0.4, 0.5) is 0 Å². The fourth-order valence-corrected chi connectivity index (χ4v) is 1.95. The highest BCUT2D eigenvalue weighted by Crippen LogP contribution is 2.19. The number of methoxy groups -OCH3 is 1. The SMILES string of the molecule is COC(=O)c1cccn2cc(CNC3CC3)nc12. The van der Waals surface area contributed by atoms with E-state index in [-0.39, 0.29) is 5.97 Å². The Hall–Kier alpha value is -1.88. The summed E-state index contributed by atoms with van der Waals surface area (Å²) in [6, 6.07) is 4.19. The molecule has 0 bridgehead atoms. The normalized spacial score (nSPS) is 14.9. The second kappa shape index (κ2) is 4.42. The maximum absolute atomic E-state index is 11.6. The Morgan fingerprint density at radius 3 is 3.17 bits per heavy atom. The maximum atomic E-state index is 11.6. The van der Waals surface area contributed by atoms with Crippen LogP contribution in [0.1, 0.15) is 28.9 Å². The van der Waals surface area contributed by atoms with Gasteiger partial charge in [-0.15, -0.1) is 0 Å². The molecule has 1 N–H and O–H groups in total. The lowest BCUT2D eigenvalue weighted by Crippen LogP contribution is -2.15. The summed E-state index contributed by atoms with van der Waals surface area (Å²) in [5.41, 5.74) is 2.09. The van der Waals surface area contributed by atoms with E-state index in [1.165, 1.54) is 20.0 Å². The summed E-state index contributed by atoms with van der Waals surface area (Å²) in [4.78, 5) is 16.1. The summed E-state index contributed by atoms with van der Waals surface area (Å²) < 4.78 is 6.61. The molecule has 0 aliphatic heterocycles. The second-order valence-corrected chi connectivity index (χ2v) is 4.53. The molecule has 0 radical (unpaired) electrons. The van der Waals surface area contributed by atoms with Gasteiger partial charge < -0.3 is 14.5 Å². The van der Waals surface area contributed by atoms with E-state index in [9.17, 15) is 4.79 Å². The van der Waals surface area contributed by atoms with Crippen LogP contribution in [0.2, 0.25) is 0 Å². The van der Waals surface area contributed by atoms with E-state index in [4.69, 9.17) is 4.74 Å². The molecule has 5 nitrogen and oxygen atoms in total. The van der Waals surface area contributed by atoms with Crippen LogP contribution in [-0.4, -0.2) is 28.5 Å². The van der Waals surface area contributed by atoms with Gasteiger partial charge in [0, 0.05) is 25.0 Å². The molecule has 5 heteroatoms. The van der Waals surface area contributed by atoms with E-state index < -0.39 is 0 Å². The minimum Gasteiger partial charge on any atom is -0.465 e. The lowest BCUT2D eigenvalue weighted by molar-refractivity contribution is 0.0602. The van der Waals surface area contributed by atoms with Crippen molar-refractivity contribution in [2.75, 3.05) is 7.11 Å². The number of nitrogens with zero attached hydrogens (tertiary/aromatic N) is 2. The molecular formula is C13H15N3O2. The van der Waals surface area contributed by atoms with Gasteiger partial charge in [-0.3, -0.25) is 0 Å². The molecule has 2 heterocycles. The van der Waals surface area contributed by atoms with Gasteiger partial charge in [-0.05, 0) is 25.0 Å². The number of hydrogen-bond donors (Lipinski definition) is 1. The molecule has 1 aliphatic carbocycles. The molecular weight excluding hydrogens is 230 g/mol. The molecule has 0 atom stereocenters. The number of carbonyl (C=O) groups excluding carboxylic acids is 1. The van der Waals surface area contributed by atoms with Gasteiger partial charge in [-0.25, -0.2) is 9.78 Å². The number of esters is 1. The van der Waals surface area contributed by atoms with Crippen molar-refractivity contribution < 1.29 is 9.53 Å². The topological polar surface area (TPSA) is 55.6 Å². The molecule has 3 rings (SSSR count). The number of rotatable bonds is 4. The van der Waals surface area contributed by atoms with Crippen molar-refractivity contribution >= 4 is 11.6 Å². The van der Waals surface area contributed by atoms with Gasteiger partial charge in [0.15, 0.2) is 5.65 Å². The minimum atomic E-state index is -0.354. The van der Waals surface area contributed by atoms with Crippen LogP contribution in [0.25, 0.3) is 5.65 Å². The van der Waals surface area contributed by atoms with Crippen LogP contribution >= 0.6 is 0 Å². The Morgan fingerprint density at radius 1 is 1.61 bits per heavy atom. The van der Waals surface area contributed by atoms with E-state index in [0.29, 0.717) is 17.3 Å². The van der Waals surface area contributed by atoms with Gasteiger partial charge in [0.25, 0.3) is 0 Å². The highest BCUT2D eigenvalue weighted by atomic mass is 16.5. The van der Waals surface area contributed by atoms with E-state index in [1.807, 2.05) is 22.9 Å². The van der Waals surface area contributed by atoms with Crippen molar-refractivity contribution in [3.63, 3.8) is 0 Å². The monoisotopic (exact) mass is 245 g/mol. The van der Waals surface area contributed by atoms with Gasteiger partial charge >= 0.3 is 5.97 Å². The smallest absolute Gasteiger partial charge is 0.341 e. The first-order chi connectivity index (χ1) is 8.78. The third kappa shape index (κ3) is 2.09. The molecule has 0 spiro atoms. The molecule has 0 amide bonds. The van der Waals surface area contributed by atoms with E-state index >= 15 is 0 Å². The average Bonchev–Trinajstić information content (AvgIpc) is 3.13. The molecule has 0 saturated heterocycles. The molecule has 1 aliphatic rings. The summed E-state index contributed by atoms with van der Waals surface area (Å²) in [5.74, 6) is -0.354. The van der Waals surface area contributed by atoms with Gasteiger partial charge in [-0.1, -0.05) is 0 Å². The second-order valence-electron chi connectivity index (χ2n) is 4.53. The van der Waals surface area contributed by atoms with Gasteiger partial charge in [0.05, 0.1) is 12.8 Å². The van der Waals surface area contributed by atoms with E-state index in [2.05, 4.69) is 10.3 Å². The summed E-state index contributed by atoms with van der Waals surface area (Å²) >= 11 is 0. The zero-order valence-electron chi connectivity index (χ0n) is 10.2. The Morgan fingerprint density at radius 2 is 2.44 bits per heavy atom. The zero-order valence-corrected chi connectivity index (χ0v) is 10.2. The third-order valence-corrected chi connectivity index (χ3v) is 3.09. The molecule has 18 heavy (non-hydrogen) atoms. The third-order valence-electron chi connectivity index (χ3n) is 3.09. The van der Waals surface area contributed by atoms with Crippen molar-refractivity contribution in [1.82, 2.24) is 14.7 Å². The number of pyridine rings is 1. The van der Waals surface area contributed by atoms with Crippen molar-refractivity contribution in [2.24, 2.45) is 0 Å². The fraction of sp³-hybridized carbons (Fsp3) is 0.385. The van der Waals surface area contributed by atoms with E-state index in [0.717, 1.165) is 12.2 Å². The Labute approximate surface area is 105 Å². The van der Waals surface area contributed by atoms with Crippen LogP contribution < -0.4 is 5.32 Å². The first kappa shape index (κ1) is 11.2. The molecule has 94 valence electrons. The average molecular weight is 245 g/mol. The number of nitrogens with one attached hydrogen (secondary N) is 1. The quantitative estimate of drug-likeness (QED) is 0.827. The summed E-state index contributed by atoms with van der Waals surface area (Å²) in [6.07, 6.45) is 6.33. The van der Waals surface area contributed by atoms with Crippen LogP contribution in [0.15, 0.2) is 24.5 Å². The van der Waals surface area contributed by atoms with Crippen LogP contribution in [0, 0.1) is 0 Å². The number of imidazole rings is 1. The zero-order chi connectivity index (χ0) is 12.5. The molecule has 0 aromatic carbocycles. The standard InChI is InChI=1S/C13H15N3O2/c1-18-13(17)11-3-2-6-16-8-10(15-12(11)16)7-14-9-4-5-9/h2-3,6,8-9,14H,4-5,7H2,1H3. The molecule has 1 saturated carbocycles. The summed E-state index contributed by atoms with van der Waals surface area (Å²) in [5, 5.41) is 3.40. The Balaban J connectivity index is 1.91. The highest BCUT2D eigenvalue weighted by Gasteiger charge is 2.20. The first-order valence-electron chi connectivity index (χ1n) is 6.06. The lowest BCUT2D eigenvalue weighted by atomic mass is 10.3. The number of aromatic nitrogens is 2. The predicted octanol–water partition coefficient (Wildman–Crippen LogP) is 1.37. The first-order valence-corrected chi connectivity index (χ1v) is 6.06. The number of carbonyl (C=O) groups is 1. The molecule has 2 aromatic rings. The molecule has 2 aromatic heterocycles. The van der Waals surface area contributed by atoms with Crippen LogP contribution in [0.3, 0.4) is 0 Å². The van der Waals surface area contributed by atoms with Crippen molar-refractivity contribution in [3.8, 4) is 0 Å². The van der Waals surface area contributed by atoms with Crippen LogP contribution in [0.5, 0.6) is 0 Å². The van der Waals surface area contributed by atoms with Gasteiger partial charge in [-0.2, -0.15) is 0 Å². The van der Waals surface area contributed by atoms with Crippen molar-refractivity contribution in [2.45, 2.75) is 25.4 Å². The highest BCUT2D eigenvalue weighted by molar-refractivity contribution is 5.95. The Bertz CT molecular complexity index is 587. The van der Waals surface area contributed by atoms with Crippen LogP contribution in [-0.2, 0) is 11.3 Å². The van der Waals surface area contributed by atoms with Crippen molar-refractivity contribution in [3.05, 3.63) is 35.8 Å². The minimum absolute atomic E-state index is 0.354. The van der Waals surface area contributed by atoms with E-state index in [1.54, 1.807) is 6.07 Å². The fourth-order valence-electron chi connectivity index (χ4n) is 1.95. The lowest BCUT2D eigenvalue weighted by Gasteiger charge is -2.00. The maximum Gasteiger partial charge on any atom is 0.341 e. The summed E-state index contributed by atoms with van der Waals surface area (Å²) in [6.45, 7) is 0.743. The molecule has 0 unspecified atom stereocenters. The molecule has 1 fully saturated rings. The summed E-state index contributed by atoms with van der Waals surface area (Å²) in [7, 11) is 1.38.